The predicted octanol–water partition coefficient (Wildman–Crippen LogP) is 5.06. The van der Waals surface area contributed by atoms with E-state index in [0.717, 1.165) is 5.56 Å². The molecule has 0 aliphatic heterocycles. The highest BCUT2D eigenvalue weighted by Crippen LogP contribution is 2.27. The number of aryl methyl sites for hydroxylation is 1. The fourth-order valence-electron chi connectivity index (χ4n) is 2.76. The number of esters is 1. The number of benzene rings is 2. The summed E-state index contributed by atoms with van der Waals surface area (Å²) in [6, 6.07) is 11.6. The van der Waals surface area contributed by atoms with Crippen molar-refractivity contribution in [2.24, 2.45) is 0 Å². The molecule has 0 saturated heterocycles. The third kappa shape index (κ3) is 4.00. The molecule has 144 valence electrons. The smallest absolute Gasteiger partial charge is 0.340 e. The van der Waals surface area contributed by atoms with Crippen molar-refractivity contribution >= 4 is 34.9 Å². The highest BCUT2D eigenvalue weighted by atomic mass is 35.5. The monoisotopic (exact) mass is 419 g/mol. The van der Waals surface area contributed by atoms with Crippen molar-refractivity contribution in [3.63, 3.8) is 0 Å². The molecule has 3 aromatic rings. The molecule has 9 heteroatoms. The van der Waals surface area contributed by atoms with Crippen molar-refractivity contribution in [3.8, 4) is 5.69 Å². The molecular formula is C19H15Cl2N3O4. The van der Waals surface area contributed by atoms with Gasteiger partial charge >= 0.3 is 11.7 Å². The van der Waals surface area contributed by atoms with Gasteiger partial charge in [-0.05, 0) is 49.7 Å². The number of ether oxygens (including phenoxy) is 1. The third-order valence-corrected chi connectivity index (χ3v) is 4.71. The lowest BCUT2D eigenvalue weighted by molar-refractivity contribution is -0.386. The zero-order chi connectivity index (χ0) is 20.4. The van der Waals surface area contributed by atoms with Crippen LogP contribution in [0.15, 0.2) is 42.5 Å². The lowest BCUT2D eigenvalue weighted by Crippen LogP contribution is -2.08. The topological polar surface area (TPSA) is 87.3 Å². The molecule has 0 radical (unpaired) electrons. The summed E-state index contributed by atoms with van der Waals surface area (Å²) in [5, 5.41) is 16.2. The molecule has 0 saturated carbocycles. The first kappa shape index (κ1) is 19.9. The number of rotatable bonds is 5. The first-order valence-corrected chi connectivity index (χ1v) is 8.95. The number of nitrogens with zero attached hydrogens (tertiary/aromatic N) is 3. The molecule has 0 amide bonds. The first-order valence-electron chi connectivity index (χ1n) is 8.20. The van der Waals surface area contributed by atoms with Crippen molar-refractivity contribution < 1.29 is 14.5 Å². The van der Waals surface area contributed by atoms with Crippen LogP contribution in [0.1, 0.15) is 27.3 Å². The Bertz CT molecular complexity index is 1060. The number of carbonyl (C=O) groups is 1. The van der Waals surface area contributed by atoms with Crippen LogP contribution in [0.2, 0.25) is 10.0 Å². The molecule has 2 aromatic carbocycles. The molecule has 0 aliphatic rings. The summed E-state index contributed by atoms with van der Waals surface area (Å²) in [6.45, 7) is 3.20. The zero-order valence-electron chi connectivity index (χ0n) is 15.0. The highest BCUT2D eigenvalue weighted by molar-refractivity contribution is 6.33. The largest absolute Gasteiger partial charge is 0.457 e. The molecule has 0 fully saturated rings. The molecule has 0 spiro atoms. The second kappa shape index (κ2) is 8.00. The van der Waals surface area contributed by atoms with E-state index in [1.165, 1.54) is 16.8 Å². The summed E-state index contributed by atoms with van der Waals surface area (Å²) in [6.07, 6.45) is 0. The lowest BCUT2D eigenvalue weighted by atomic mass is 10.2. The van der Waals surface area contributed by atoms with Crippen molar-refractivity contribution in [2.75, 3.05) is 0 Å². The van der Waals surface area contributed by atoms with Crippen molar-refractivity contribution in [1.29, 1.82) is 0 Å². The summed E-state index contributed by atoms with van der Waals surface area (Å²) >= 11 is 12.0. The lowest BCUT2D eigenvalue weighted by Gasteiger charge is -2.09. The zero-order valence-corrected chi connectivity index (χ0v) is 16.5. The van der Waals surface area contributed by atoms with E-state index in [4.69, 9.17) is 27.9 Å². The van der Waals surface area contributed by atoms with Gasteiger partial charge in [0.2, 0.25) is 0 Å². The van der Waals surface area contributed by atoms with E-state index in [0.29, 0.717) is 16.4 Å². The van der Waals surface area contributed by atoms with Gasteiger partial charge in [0, 0.05) is 5.02 Å². The summed E-state index contributed by atoms with van der Waals surface area (Å²) in [7, 11) is 0. The number of carbonyl (C=O) groups excluding carboxylic acids is 1. The van der Waals surface area contributed by atoms with Crippen molar-refractivity contribution in [3.05, 3.63) is 85.1 Å². The van der Waals surface area contributed by atoms with Crippen molar-refractivity contribution in [2.45, 2.75) is 20.5 Å². The van der Waals surface area contributed by atoms with Gasteiger partial charge in [-0.15, -0.1) is 0 Å². The fourth-order valence-corrected chi connectivity index (χ4v) is 3.08. The molecular weight excluding hydrogens is 405 g/mol. The van der Waals surface area contributed by atoms with Gasteiger partial charge < -0.3 is 4.74 Å². The van der Waals surface area contributed by atoms with Gasteiger partial charge in [-0.3, -0.25) is 10.1 Å². The third-order valence-electron chi connectivity index (χ3n) is 4.13. The number of aromatic nitrogens is 2. The van der Waals surface area contributed by atoms with Crippen LogP contribution >= 0.6 is 23.2 Å². The first-order chi connectivity index (χ1) is 13.3. The van der Waals surface area contributed by atoms with E-state index in [9.17, 15) is 14.9 Å². The Labute approximate surface area is 170 Å². The van der Waals surface area contributed by atoms with E-state index in [1.54, 1.807) is 44.2 Å². The summed E-state index contributed by atoms with van der Waals surface area (Å²) < 4.78 is 6.72. The summed E-state index contributed by atoms with van der Waals surface area (Å²) in [4.78, 5) is 23.2. The van der Waals surface area contributed by atoms with Crippen LogP contribution in [-0.2, 0) is 11.3 Å². The molecule has 1 aromatic heterocycles. The second-order valence-electron chi connectivity index (χ2n) is 6.06. The van der Waals surface area contributed by atoms with E-state index in [2.05, 4.69) is 5.10 Å². The molecule has 0 atom stereocenters. The Morgan fingerprint density at radius 3 is 2.46 bits per heavy atom. The van der Waals surface area contributed by atoms with Crippen LogP contribution in [0, 0.1) is 24.0 Å². The number of hydrogen-bond donors (Lipinski definition) is 0. The second-order valence-corrected chi connectivity index (χ2v) is 6.90. The Kier molecular flexibility index (Phi) is 5.67. The maximum absolute atomic E-state index is 12.5. The van der Waals surface area contributed by atoms with E-state index >= 15 is 0 Å². The average molecular weight is 420 g/mol. The Morgan fingerprint density at radius 1 is 1.18 bits per heavy atom. The molecule has 0 N–H and O–H groups in total. The number of hydrogen-bond acceptors (Lipinski definition) is 5. The van der Waals surface area contributed by atoms with Gasteiger partial charge in [0.15, 0.2) is 0 Å². The molecule has 3 rings (SSSR count). The minimum absolute atomic E-state index is 0.0575. The SMILES string of the molecule is Cc1nn(-c2ccc(Cl)c(C(=O)OCc3ccc(Cl)cc3)c2)c(C)c1[N+](=O)[O-]. The van der Waals surface area contributed by atoms with Crippen LogP contribution in [-0.4, -0.2) is 20.7 Å². The Morgan fingerprint density at radius 2 is 1.86 bits per heavy atom. The van der Waals surface area contributed by atoms with Gasteiger partial charge in [0.05, 0.1) is 21.2 Å². The minimum Gasteiger partial charge on any atom is -0.457 e. The molecule has 0 bridgehead atoms. The molecule has 0 unspecified atom stereocenters. The molecule has 0 aliphatic carbocycles. The summed E-state index contributed by atoms with van der Waals surface area (Å²) in [5.41, 5.74) is 1.95. The fraction of sp³-hybridized carbons (Fsp3) is 0.158. The van der Waals surface area contributed by atoms with Crippen LogP contribution in [0.3, 0.4) is 0 Å². The van der Waals surface area contributed by atoms with Crippen LogP contribution in [0.4, 0.5) is 5.69 Å². The van der Waals surface area contributed by atoms with Gasteiger partial charge in [-0.2, -0.15) is 5.10 Å². The minimum atomic E-state index is -0.613. The number of halogens is 2. The van der Waals surface area contributed by atoms with Crippen LogP contribution in [0.5, 0.6) is 0 Å². The van der Waals surface area contributed by atoms with Crippen molar-refractivity contribution in [1.82, 2.24) is 9.78 Å². The van der Waals surface area contributed by atoms with Crippen LogP contribution < -0.4 is 0 Å². The summed E-state index contributed by atoms with van der Waals surface area (Å²) in [5.74, 6) is -0.613. The average Bonchev–Trinajstić information content (AvgIpc) is 2.95. The van der Waals surface area contributed by atoms with Crippen LogP contribution in [0.25, 0.3) is 5.69 Å². The Balaban J connectivity index is 1.87. The number of nitro groups is 1. The standard InChI is InChI=1S/C19H15Cl2N3O4/c1-11-18(24(26)27)12(2)23(22-11)15-7-8-17(21)16(9-15)19(25)28-10-13-3-5-14(20)6-4-13/h3-9H,10H2,1-2H3. The normalized spacial score (nSPS) is 10.7. The maximum atomic E-state index is 12.5. The van der Waals surface area contributed by atoms with Gasteiger partial charge in [0.25, 0.3) is 0 Å². The van der Waals surface area contributed by atoms with Gasteiger partial charge in [-0.1, -0.05) is 35.3 Å². The highest BCUT2D eigenvalue weighted by Gasteiger charge is 2.23. The van der Waals surface area contributed by atoms with E-state index < -0.39 is 10.9 Å². The van der Waals surface area contributed by atoms with Gasteiger partial charge in [0.1, 0.15) is 18.0 Å². The predicted molar refractivity (Wildman–Crippen MR) is 105 cm³/mol. The molecule has 28 heavy (non-hydrogen) atoms. The molecule has 7 nitrogen and oxygen atoms in total. The van der Waals surface area contributed by atoms with E-state index in [-0.39, 0.29) is 28.6 Å². The van der Waals surface area contributed by atoms with E-state index in [1.807, 2.05) is 0 Å². The molecule has 1 heterocycles. The quantitative estimate of drug-likeness (QED) is 0.327. The van der Waals surface area contributed by atoms with Gasteiger partial charge in [-0.25, -0.2) is 9.48 Å². The maximum Gasteiger partial charge on any atom is 0.340 e. The Hall–Kier alpha value is -2.90.